The van der Waals surface area contributed by atoms with Gasteiger partial charge in [0.2, 0.25) is 11.8 Å². The Bertz CT molecular complexity index is 884. The number of benzene rings is 1. The zero-order valence-electron chi connectivity index (χ0n) is 12.9. The number of nitrogens with zero attached hydrogens (tertiary/aromatic N) is 2. The van der Waals surface area contributed by atoms with Crippen LogP contribution in [0.1, 0.15) is 12.2 Å². The van der Waals surface area contributed by atoms with Crippen molar-refractivity contribution >= 4 is 28.5 Å². The number of hydrogen-bond donors (Lipinski definition) is 2. The molecule has 0 bridgehead atoms. The lowest BCUT2D eigenvalue weighted by molar-refractivity contribution is -0.128. The average Bonchev–Trinajstić information content (AvgIpc) is 3.30. The third-order valence-corrected chi connectivity index (χ3v) is 4.22. The Morgan fingerprint density at radius 1 is 1.33 bits per heavy atom. The number of hydrogen-bond acceptors (Lipinski definition) is 4. The van der Waals surface area contributed by atoms with Crippen LogP contribution in [0, 0.1) is 5.92 Å². The van der Waals surface area contributed by atoms with Crippen molar-refractivity contribution in [2.45, 2.75) is 13.0 Å². The molecule has 1 aliphatic rings. The van der Waals surface area contributed by atoms with Crippen molar-refractivity contribution in [3.05, 3.63) is 48.4 Å². The van der Waals surface area contributed by atoms with Crippen LogP contribution in [-0.2, 0) is 16.1 Å². The first-order chi connectivity index (χ1) is 11.7. The van der Waals surface area contributed by atoms with Crippen LogP contribution in [0.15, 0.2) is 47.1 Å². The van der Waals surface area contributed by atoms with Gasteiger partial charge in [0, 0.05) is 18.4 Å². The van der Waals surface area contributed by atoms with Gasteiger partial charge in [0.1, 0.15) is 5.76 Å². The molecule has 1 atom stereocenters. The topological polar surface area (TPSA) is 91.2 Å². The first kappa shape index (κ1) is 14.5. The van der Waals surface area contributed by atoms with Crippen LogP contribution in [-0.4, -0.2) is 33.5 Å². The third-order valence-electron chi connectivity index (χ3n) is 4.22. The second kappa shape index (κ2) is 5.84. The fourth-order valence-electron chi connectivity index (χ4n) is 2.97. The van der Waals surface area contributed by atoms with E-state index in [1.165, 1.54) is 0 Å². The highest BCUT2D eigenvalue weighted by molar-refractivity contribution is 6.02. The van der Waals surface area contributed by atoms with Crippen LogP contribution in [0.25, 0.3) is 10.9 Å². The number of aromatic amines is 1. The number of likely N-dealkylation sites (tertiary alicyclic amines) is 1. The molecule has 3 aromatic rings. The highest BCUT2D eigenvalue weighted by Gasteiger charge is 2.35. The monoisotopic (exact) mass is 324 g/mol. The van der Waals surface area contributed by atoms with Gasteiger partial charge in [-0.15, -0.1) is 0 Å². The Balaban J connectivity index is 1.44. The van der Waals surface area contributed by atoms with Crippen LogP contribution in [0.2, 0.25) is 0 Å². The molecule has 3 heterocycles. The molecule has 1 fully saturated rings. The molecule has 1 aromatic carbocycles. The molecule has 2 amide bonds. The van der Waals surface area contributed by atoms with Gasteiger partial charge in [-0.25, -0.2) is 0 Å². The molecule has 0 aliphatic carbocycles. The molecule has 1 saturated heterocycles. The molecule has 1 unspecified atom stereocenters. The average molecular weight is 324 g/mol. The van der Waals surface area contributed by atoms with Crippen molar-refractivity contribution in [1.82, 2.24) is 15.1 Å². The van der Waals surface area contributed by atoms with E-state index in [4.69, 9.17) is 4.42 Å². The summed E-state index contributed by atoms with van der Waals surface area (Å²) in [4.78, 5) is 26.2. The van der Waals surface area contributed by atoms with Crippen molar-refractivity contribution in [3.8, 4) is 0 Å². The van der Waals surface area contributed by atoms with Gasteiger partial charge in [-0.3, -0.25) is 14.7 Å². The molecule has 122 valence electrons. The number of carbonyl (C=O) groups is 2. The summed E-state index contributed by atoms with van der Waals surface area (Å²) in [6.07, 6.45) is 1.78. The first-order valence-corrected chi connectivity index (χ1v) is 7.75. The highest BCUT2D eigenvalue weighted by Crippen LogP contribution is 2.24. The maximum Gasteiger partial charge on any atom is 0.231 e. The van der Waals surface area contributed by atoms with E-state index in [0.29, 0.717) is 24.7 Å². The van der Waals surface area contributed by atoms with Crippen LogP contribution >= 0.6 is 0 Å². The summed E-state index contributed by atoms with van der Waals surface area (Å²) < 4.78 is 5.26. The van der Waals surface area contributed by atoms with E-state index < -0.39 is 0 Å². The molecule has 24 heavy (non-hydrogen) atoms. The number of furan rings is 1. The lowest BCUT2D eigenvalue weighted by Gasteiger charge is -2.14. The molecule has 1 aliphatic heterocycles. The fourth-order valence-corrected chi connectivity index (χ4v) is 2.97. The maximum atomic E-state index is 12.5. The Morgan fingerprint density at radius 3 is 3.04 bits per heavy atom. The lowest BCUT2D eigenvalue weighted by atomic mass is 10.1. The number of para-hydroxylation sites is 1. The first-order valence-electron chi connectivity index (χ1n) is 7.75. The Morgan fingerprint density at radius 2 is 2.21 bits per heavy atom. The molecule has 7 nitrogen and oxygen atoms in total. The Kier molecular flexibility index (Phi) is 3.53. The standard InChI is InChI=1S/C17H16N4O3/c22-15-8-11(9-21(15)10-12-4-3-7-24-12)17(23)18-16-13-5-1-2-6-14(13)19-20-16/h1-7,11H,8-10H2,(H2,18,19,20,23). The zero-order chi connectivity index (χ0) is 16.5. The molecule has 2 N–H and O–H groups in total. The van der Waals surface area contributed by atoms with Gasteiger partial charge in [-0.1, -0.05) is 12.1 Å². The van der Waals surface area contributed by atoms with Crippen LogP contribution in [0.5, 0.6) is 0 Å². The summed E-state index contributed by atoms with van der Waals surface area (Å²) in [6.45, 7) is 0.772. The van der Waals surface area contributed by atoms with Gasteiger partial charge >= 0.3 is 0 Å². The van der Waals surface area contributed by atoms with Crippen molar-refractivity contribution in [2.24, 2.45) is 5.92 Å². The largest absolute Gasteiger partial charge is 0.467 e. The summed E-state index contributed by atoms with van der Waals surface area (Å²) in [5.74, 6) is 0.583. The second-order valence-electron chi connectivity index (χ2n) is 5.86. The molecule has 0 spiro atoms. The van der Waals surface area contributed by atoms with E-state index in [9.17, 15) is 9.59 Å². The van der Waals surface area contributed by atoms with Gasteiger partial charge in [0.05, 0.1) is 24.2 Å². The van der Waals surface area contributed by atoms with E-state index in [-0.39, 0.29) is 24.2 Å². The predicted molar refractivity (Wildman–Crippen MR) is 87.0 cm³/mol. The van der Waals surface area contributed by atoms with Gasteiger partial charge in [0.15, 0.2) is 5.82 Å². The number of fused-ring (bicyclic) bond motifs is 1. The number of anilines is 1. The van der Waals surface area contributed by atoms with E-state index in [1.54, 1.807) is 17.2 Å². The molecule has 0 radical (unpaired) electrons. The van der Waals surface area contributed by atoms with Crippen LogP contribution < -0.4 is 5.32 Å². The smallest absolute Gasteiger partial charge is 0.231 e. The molecule has 7 heteroatoms. The minimum absolute atomic E-state index is 0.0431. The number of aromatic nitrogens is 2. The minimum atomic E-state index is -0.386. The van der Waals surface area contributed by atoms with Crippen LogP contribution in [0.3, 0.4) is 0 Å². The Hall–Kier alpha value is -3.09. The van der Waals surface area contributed by atoms with Crippen molar-refractivity contribution in [1.29, 1.82) is 0 Å². The summed E-state index contributed by atoms with van der Waals surface area (Å²) in [6, 6.07) is 11.2. The SMILES string of the molecule is O=C(Nc1n[nH]c2ccccc12)C1CC(=O)N(Cc2ccco2)C1. The molecule has 0 saturated carbocycles. The van der Waals surface area contributed by atoms with E-state index in [2.05, 4.69) is 15.5 Å². The molecular formula is C17H16N4O3. The van der Waals surface area contributed by atoms with Gasteiger partial charge in [0.25, 0.3) is 0 Å². The molecular weight excluding hydrogens is 308 g/mol. The third kappa shape index (κ3) is 2.64. The maximum absolute atomic E-state index is 12.5. The van der Waals surface area contributed by atoms with Gasteiger partial charge in [-0.05, 0) is 24.3 Å². The quantitative estimate of drug-likeness (QED) is 0.769. The van der Waals surface area contributed by atoms with E-state index in [1.807, 2.05) is 30.3 Å². The number of amides is 2. The summed E-state index contributed by atoms with van der Waals surface area (Å²) in [5.41, 5.74) is 0.856. The van der Waals surface area contributed by atoms with E-state index in [0.717, 1.165) is 10.9 Å². The highest BCUT2D eigenvalue weighted by atomic mass is 16.3. The van der Waals surface area contributed by atoms with Crippen molar-refractivity contribution in [3.63, 3.8) is 0 Å². The summed E-state index contributed by atoms with van der Waals surface area (Å²) in [5, 5.41) is 10.7. The Labute approximate surface area is 137 Å². The number of H-pyrrole nitrogens is 1. The van der Waals surface area contributed by atoms with Crippen LogP contribution in [0.4, 0.5) is 5.82 Å². The predicted octanol–water partition coefficient (Wildman–Crippen LogP) is 2.14. The van der Waals surface area contributed by atoms with E-state index >= 15 is 0 Å². The lowest BCUT2D eigenvalue weighted by Crippen LogP contribution is -2.28. The summed E-state index contributed by atoms with van der Waals surface area (Å²) >= 11 is 0. The zero-order valence-corrected chi connectivity index (χ0v) is 12.9. The second-order valence-corrected chi connectivity index (χ2v) is 5.86. The summed E-state index contributed by atoms with van der Waals surface area (Å²) in [7, 11) is 0. The minimum Gasteiger partial charge on any atom is -0.467 e. The number of carbonyl (C=O) groups excluding carboxylic acids is 2. The fraction of sp³-hybridized carbons (Fsp3) is 0.235. The number of nitrogens with one attached hydrogen (secondary N) is 2. The van der Waals surface area contributed by atoms with Gasteiger partial charge < -0.3 is 14.6 Å². The number of rotatable bonds is 4. The van der Waals surface area contributed by atoms with Crippen molar-refractivity contribution < 1.29 is 14.0 Å². The molecule has 2 aromatic heterocycles. The van der Waals surface area contributed by atoms with Gasteiger partial charge in [-0.2, -0.15) is 5.10 Å². The molecule has 4 rings (SSSR count). The van der Waals surface area contributed by atoms with Crippen molar-refractivity contribution in [2.75, 3.05) is 11.9 Å². The normalized spacial score (nSPS) is 17.6.